The van der Waals surface area contributed by atoms with Gasteiger partial charge < -0.3 is 30.4 Å². The Hall–Kier alpha value is -4.65. The molecule has 1 aliphatic heterocycles. The van der Waals surface area contributed by atoms with E-state index in [0.717, 1.165) is 4.90 Å². The molecule has 2 atom stereocenters. The number of fused-ring (bicyclic) bond motifs is 1. The first kappa shape index (κ1) is 28.9. The van der Waals surface area contributed by atoms with Crippen LogP contribution < -0.4 is 20.4 Å². The molecule has 1 heterocycles. The molecule has 4 amide bonds. The maximum Gasteiger partial charge on any atom is 0.414 e. The van der Waals surface area contributed by atoms with Gasteiger partial charge in [0.2, 0.25) is 11.8 Å². The van der Waals surface area contributed by atoms with Crippen LogP contribution in [0.25, 0.3) is 0 Å². The number of phenols is 1. The number of aromatic hydroxyl groups is 1. The van der Waals surface area contributed by atoms with E-state index >= 15 is 0 Å². The minimum Gasteiger partial charge on any atom is -0.506 e. The van der Waals surface area contributed by atoms with Gasteiger partial charge >= 0.3 is 12.1 Å². The van der Waals surface area contributed by atoms with Gasteiger partial charge in [0.25, 0.3) is 5.91 Å². The quantitative estimate of drug-likeness (QED) is 0.346. The number of ether oxygens (including phenoxy) is 1. The summed E-state index contributed by atoms with van der Waals surface area (Å²) < 4.78 is 4.88. The summed E-state index contributed by atoms with van der Waals surface area (Å²) in [6.45, 7) is -0.700. The fraction of sp³-hybridized carbons (Fsp3) is 0.280. The zero-order valence-corrected chi connectivity index (χ0v) is 21.4. The predicted octanol–water partition coefficient (Wildman–Crippen LogP) is 1.31. The highest BCUT2D eigenvalue weighted by Crippen LogP contribution is 2.33. The molecule has 0 saturated carbocycles. The zero-order chi connectivity index (χ0) is 28.7. The molecule has 0 radical (unpaired) electrons. The Labute approximate surface area is 227 Å². The van der Waals surface area contributed by atoms with Gasteiger partial charge in [0.1, 0.15) is 24.6 Å². The van der Waals surface area contributed by atoms with Crippen molar-refractivity contribution < 1.29 is 43.7 Å². The van der Waals surface area contributed by atoms with Gasteiger partial charge in [0, 0.05) is 12.1 Å². The Morgan fingerprint density at radius 1 is 1.18 bits per heavy atom. The van der Waals surface area contributed by atoms with Crippen LogP contribution in [-0.4, -0.2) is 78.6 Å². The van der Waals surface area contributed by atoms with Crippen LogP contribution in [0.3, 0.4) is 0 Å². The van der Waals surface area contributed by atoms with E-state index in [-0.39, 0.29) is 47.0 Å². The van der Waals surface area contributed by atoms with E-state index in [4.69, 9.17) is 21.4 Å². The van der Waals surface area contributed by atoms with E-state index in [0.29, 0.717) is 0 Å². The highest BCUT2D eigenvalue weighted by molar-refractivity contribution is 6.32. The smallest absolute Gasteiger partial charge is 0.414 e. The molecule has 3 rings (SSSR count). The first-order valence-corrected chi connectivity index (χ1v) is 11.9. The zero-order valence-electron chi connectivity index (χ0n) is 20.6. The minimum absolute atomic E-state index is 0.0391. The summed E-state index contributed by atoms with van der Waals surface area (Å²) in [6, 6.07) is 7.35. The summed E-state index contributed by atoms with van der Waals surface area (Å²) >= 11 is 5.90. The lowest BCUT2D eigenvalue weighted by Gasteiger charge is -2.35. The van der Waals surface area contributed by atoms with Crippen molar-refractivity contribution in [2.24, 2.45) is 0 Å². The Balaban J connectivity index is 1.98. The van der Waals surface area contributed by atoms with Crippen molar-refractivity contribution in [2.75, 3.05) is 30.0 Å². The first-order chi connectivity index (χ1) is 18.5. The van der Waals surface area contributed by atoms with Crippen LogP contribution in [0.2, 0.25) is 5.02 Å². The van der Waals surface area contributed by atoms with Crippen molar-refractivity contribution in [1.29, 1.82) is 0 Å². The van der Waals surface area contributed by atoms with Gasteiger partial charge in [-0.2, -0.15) is 0 Å². The normalized spacial score (nSPS) is 15.7. The number of carboxylic acid groups (broad SMARTS) is 1. The molecule has 0 saturated heterocycles. The summed E-state index contributed by atoms with van der Waals surface area (Å²) in [5, 5.41) is 23.3. The molecule has 13 nitrogen and oxygen atoms in total. The number of nitrogens with zero attached hydrogens (tertiary/aromatic N) is 2. The second-order valence-corrected chi connectivity index (χ2v) is 8.83. The van der Waals surface area contributed by atoms with Crippen LogP contribution in [0.1, 0.15) is 23.2 Å². The number of rotatable bonds is 8. The molecule has 0 unspecified atom stereocenters. The Kier molecular flexibility index (Phi) is 9.44. The van der Waals surface area contributed by atoms with Gasteiger partial charge in [0.05, 0.1) is 36.0 Å². The van der Waals surface area contributed by atoms with Crippen molar-refractivity contribution in [3.63, 3.8) is 0 Å². The van der Waals surface area contributed by atoms with E-state index in [9.17, 15) is 33.9 Å². The number of nitrogens with one attached hydrogen (secondary N) is 2. The Bertz CT molecular complexity index is 1300. The summed E-state index contributed by atoms with van der Waals surface area (Å²) in [4.78, 5) is 76.6. The van der Waals surface area contributed by atoms with Gasteiger partial charge in [-0.1, -0.05) is 23.7 Å². The average molecular weight is 561 g/mol. The summed E-state index contributed by atoms with van der Waals surface area (Å²) in [5.74, 6) is -3.82. The van der Waals surface area contributed by atoms with Crippen molar-refractivity contribution in [1.82, 2.24) is 10.6 Å². The molecule has 0 aliphatic carbocycles. The van der Waals surface area contributed by atoms with Crippen LogP contribution in [-0.2, 0) is 23.9 Å². The third-order valence-corrected chi connectivity index (χ3v) is 6.09. The van der Waals surface area contributed by atoms with Gasteiger partial charge in [-0.25, -0.2) is 4.79 Å². The van der Waals surface area contributed by atoms with Crippen molar-refractivity contribution in [3.8, 4) is 5.75 Å². The number of benzene rings is 2. The Morgan fingerprint density at radius 3 is 2.49 bits per heavy atom. The first-order valence-electron chi connectivity index (χ1n) is 11.6. The van der Waals surface area contributed by atoms with Crippen LogP contribution in [0, 0.1) is 0 Å². The molecule has 2 aromatic carbocycles. The summed E-state index contributed by atoms with van der Waals surface area (Å²) in [6.07, 6.45) is -1.23. The number of amides is 4. The number of hydrogen-bond acceptors (Lipinski definition) is 8. The predicted molar refractivity (Wildman–Crippen MR) is 138 cm³/mol. The number of methoxy groups -OCH3 is 1. The average Bonchev–Trinajstić information content (AvgIpc) is 2.91. The number of carbonyl (C=O) groups is 6. The summed E-state index contributed by atoms with van der Waals surface area (Å²) in [7, 11) is 1.18. The van der Waals surface area contributed by atoms with E-state index in [2.05, 4.69) is 10.6 Å². The highest BCUT2D eigenvalue weighted by atomic mass is 35.5. The van der Waals surface area contributed by atoms with Crippen LogP contribution >= 0.6 is 11.6 Å². The molecular formula is C25H25ClN4O9. The second-order valence-electron chi connectivity index (χ2n) is 8.42. The molecule has 2 aromatic rings. The van der Waals surface area contributed by atoms with Gasteiger partial charge in [-0.05, 0) is 36.8 Å². The molecule has 0 fully saturated rings. The minimum atomic E-state index is -1.34. The maximum atomic E-state index is 13.7. The molecule has 1 aliphatic rings. The van der Waals surface area contributed by atoms with E-state index in [1.807, 2.05) is 0 Å². The monoisotopic (exact) mass is 560 g/mol. The standard InChI is InChI=1S/C25H25ClN4O9/c1-39-25(38)29-9-8-17(28-23(36)14-6-7-20(32)16(26)10-14)24(37)30(19-5-3-2-4-18(19)29)12-21(33)27-15(13-31)11-22(34)35/h2-7,10,13,15,17,32H,8-9,11-12H2,1H3,(H,27,33)(H,28,36)(H,34,35)/t15-,17-/m0/s1. The van der Waals surface area contributed by atoms with Crippen LogP contribution in [0.5, 0.6) is 5.75 Å². The van der Waals surface area contributed by atoms with Crippen molar-refractivity contribution in [3.05, 3.63) is 53.1 Å². The van der Waals surface area contributed by atoms with Gasteiger partial charge in [-0.15, -0.1) is 0 Å². The third-order valence-electron chi connectivity index (χ3n) is 5.79. The second kappa shape index (κ2) is 12.7. The van der Waals surface area contributed by atoms with Crippen LogP contribution in [0.15, 0.2) is 42.5 Å². The lowest BCUT2D eigenvalue weighted by molar-refractivity contribution is -0.138. The van der Waals surface area contributed by atoms with E-state index in [1.54, 1.807) is 18.2 Å². The lowest BCUT2D eigenvalue weighted by Crippen LogP contribution is -2.55. The van der Waals surface area contributed by atoms with E-state index < -0.39 is 54.8 Å². The highest BCUT2D eigenvalue weighted by Gasteiger charge is 2.35. The van der Waals surface area contributed by atoms with Crippen molar-refractivity contribution >= 4 is 59.0 Å². The van der Waals surface area contributed by atoms with E-state index in [1.165, 1.54) is 36.3 Å². The van der Waals surface area contributed by atoms with Crippen molar-refractivity contribution in [2.45, 2.75) is 24.9 Å². The fourth-order valence-electron chi connectivity index (χ4n) is 3.93. The largest absolute Gasteiger partial charge is 0.506 e. The number of hydrogen-bond donors (Lipinski definition) is 4. The van der Waals surface area contributed by atoms with Gasteiger partial charge in [-0.3, -0.25) is 29.0 Å². The number of carboxylic acids is 1. The Morgan fingerprint density at radius 2 is 1.87 bits per heavy atom. The molecule has 0 aromatic heterocycles. The number of aldehydes is 1. The number of para-hydroxylation sites is 2. The molecule has 0 spiro atoms. The number of aliphatic carboxylic acids is 1. The molecular weight excluding hydrogens is 536 g/mol. The van der Waals surface area contributed by atoms with Gasteiger partial charge in [0.15, 0.2) is 0 Å². The molecule has 206 valence electrons. The maximum absolute atomic E-state index is 13.7. The molecule has 4 N–H and O–H groups in total. The number of carbonyl (C=O) groups excluding carboxylic acids is 5. The third kappa shape index (κ3) is 7.02. The molecule has 14 heteroatoms. The number of phenolic OH excluding ortho intramolecular Hbond substituents is 1. The lowest BCUT2D eigenvalue weighted by atomic mass is 10.1. The summed E-state index contributed by atoms with van der Waals surface area (Å²) in [5.41, 5.74) is 0.429. The molecule has 39 heavy (non-hydrogen) atoms. The SMILES string of the molecule is COC(=O)N1CC[C@H](NC(=O)c2ccc(O)c(Cl)c2)C(=O)N(CC(=O)N[C@H](C=O)CC(=O)O)c2ccccc21. The van der Waals surface area contributed by atoms with Crippen LogP contribution in [0.4, 0.5) is 16.2 Å². The topological polar surface area (TPSA) is 183 Å². The fourth-order valence-corrected chi connectivity index (χ4v) is 4.11. The number of halogens is 1. The molecule has 0 bridgehead atoms. The number of anilines is 2.